The van der Waals surface area contributed by atoms with E-state index in [0.29, 0.717) is 19.6 Å². The zero-order valence-electron chi connectivity index (χ0n) is 12.9. The first kappa shape index (κ1) is 16.0. The summed E-state index contributed by atoms with van der Waals surface area (Å²) in [6, 6.07) is 0. The molecule has 1 heterocycles. The van der Waals surface area contributed by atoms with Crippen LogP contribution in [0.5, 0.6) is 0 Å². The van der Waals surface area contributed by atoms with Crippen molar-refractivity contribution in [1.82, 2.24) is 9.80 Å². The van der Waals surface area contributed by atoms with Gasteiger partial charge in [0.05, 0.1) is 12.2 Å². The minimum absolute atomic E-state index is 0.0230. The molecule has 0 N–H and O–H groups in total. The zero-order chi connectivity index (χ0) is 14.8. The van der Waals surface area contributed by atoms with E-state index in [-0.39, 0.29) is 17.7 Å². The predicted octanol–water partition coefficient (Wildman–Crippen LogP) is 1.27. The van der Waals surface area contributed by atoms with Crippen molar-refractivity contribution in [3.63, 3.8) is 0 Å². The lowest BCUT2D eigenvalue weighted by atomic mass is 10.1. The van der Waals surface area contributed by atoms with Crippen molar-refractivity contribution in [3.05, 3.63) is 0 Å². The van der Waals surface area contributed by atoms with Gasteiger partial charge < -0.3 is 14.5 Å². The highest BCUT2D eigenvalue weighted by molar-refractivity contribution is 6.35. The third-order valence-electron chi connectivity index (χ3n) is 3.26. The fourth-order valence-electron chi connectivity index (χ4n) is 2.52. The highest BCUT2D eigenvalue weighted by Gasteiger charge is 2.35. The number of likely N-dealkylation sites (N-methyl/N-ethyl adjacent to an activating group) is 1. The molecular weight excluding hydrogens is 244 g/mol. The van der Waals surface area contributed by atoms with E-state index in [0.717, 1.165) is 0 Å². The maximum absolute atomic E-state index is 12.3. The molecule has 1 rings (SSSR count). The number of hydrogen-bond donors (Lipinski definition) is 0. The molecule has 0 spiro atoms. The van der Waals surface area contributed by atoms with Gasteiger partial charge in [0.2, 0.25) is 0 Å². The van der Waals surface area contributed by atoms with Gasteiger partial charge in [-0.2, -0.15) is 0 Å². The number of amides is 2. The van der Waals surface area contributed by atoms with Crippen molar-refractivity contribution in [1.29, 1.82) is 0 Å². The third kappa shape index (κ3) is 3.93. The normalized spacial score (nSPS) is 24.2. The fourth-order valence-corrected chi connectivity index (χ4v) is 2.52. The third-order valence-corrected chi connectivity index (χ3v) is 3.26. The summed E-state index contributed by atoms with van der Waals surface area (Å²) in [6.45, 7) is 13.0. The quantitative estimate of drug-likeness (QED) is 0.674. The molecule has 5 heteroatoms. The van der Waals surface area contributed by atoms with Crippen molar-refractivity contribution in [2.45, 2.75) is 59.3 Å². The Balaban J connectivity index is 2.79. The average molecular weight is 270 g/mol. The molecule has 2 atom stereocenters. The van der Waals surface area contributed by atoms with Crippen LogP contribution < -0.4 is 0 Å². The summed E-state index contributed by atoms with van der Waals surface area (Å²) in [7, 11) is 0. The lowest BCUT2D eigenvalue weighted by molar-refractivity contribution is -0.160. The van der Waals surface area contributed by atoms with Gasteiger partial charge in [-0.3, -0.25) is 9.59 Å². The van der Waals surface area contributed by atoms with Gasteiger partial charge in [0.25, 0.3) is 0 Å². The standard InChI is InChI=1S/C14H26N2O3/c1-7-16(14(4,5)6)13(18)12(17)15-8-10(2)19-11(3)9-15/h10-11H,7-9H2,1-6H3. The van der Waals surface area contributed by atoms with Gasteiger partial charge >= 0.3 is 11.8 Å². The van der Waals surface area contributed by atoms with Gasteiger partial charge in [0.15, 0.2) is 0 Å². The molecule has 1 fully saturated rings. The molecule has 5 nitrogen and oxygen atoms in total. The summed E-state index contributed by atoms with van der Waals surface area (Å²) in [4.78, 5) is 27.9. The van der Waals surface area contributed by atoms with E-state index in [1.165, 1.54) is 0 Å². The molecule has 0 saturated carbocycles. The minimum Gasteiger partial charge on any atom is -0.372 e. The van der Waals surface area contributed by atoms with Crippen LogP contribution in [0.1, 0.15) is 41.5 Å². The number of hydrogen-bond acceptors (Lipinski definition) is 3. The van der Waals surface area contributed by atoms with Crippen LogP contribution in [0.3, 0.4) is 0 Å². The molecule has 2 amide bonds. The van der Waals surface area contributed by atoms with E-state index in [1.54, 1.807) is 9.80 Å². The molecule has 1 saturated heterocycles. The van der Waals surface area contributed by atoms with Crippen molar-refractivity contribution in [2.75, 3.05) is 19.6 Å². The van der Waals surface area contributed by atoms with E-state index in [2.05, 4.69) is 0 Å². The van der Waals surface area contributed by atoms with Crippen LogP contribution in [0.25, 0.3) is 0 Å². The van der Waals surface area contributed by atoms with Gasteiger partial charge in [-0.1, -0.05) is 0 Å². The second-order valence-electron chi connectivity index (χ2n) is 6.19. The topological polar surface area (TPSA) is 49.9 Å². The lowest BCUT2D eigenvalue weighted by Gasteiger charge is -2.38. The Morgan fingerprint density at radius 3 is 2.05 bits per heavy atom. The SMILES string of the molecule is CCN(C(=O)C(=O)N1CC(C)OC(C)C1)C(C)(C)C. The Bertz CT molecular complexity index is 339. The van der Waals surface area contributed by atoms with Crippen molar-refractivity contribution >= 4 is 11.8 Å². The largest absolute Gasteiger partial charge is 0.372 e. The molecule has 0 bridgehead atoms. The molecule has 2 unspecified atom stereocenters. The molecule has 0 aromatic heterocycles. The predicted molar refractivity (Wildman–Crippen MR) is 73.7 cm³/mol. The second kappa shape index (κ2) is 5.90. The van der Waals surface area contributed by atoms with E-state index in [9.17, 15) is 9.59 Å². The van der Waals surface area contributed by atoms with Gasteiger partial charge in [-0.05, 0) is 41.5 Å². The monoisotopic (exact) mass is 270 g/mol. The van der Waals surface area contributed by atoms with Crippen LogP contribution in [0, 0.1) is 0 Å². The zero-order valence-corrected chi connectivity index (χ0v) is 12.9. The van der Waals surface area contributed by atoms with Crippen LogP contribution in [0.4, 0.5) is 0 Å². The first-order chi connectivity index (χ1) is 8.66. The highest BCUT2D eigenvalue weighted by atomic mass is 16.5. The van der Waals surface area contributed by atoms with Crippen LogP contribution >= 0.6 is 0 Å². The van der Waals surface area contributed by atoms with E-state index in [4.69, 9.17) is 4.74 Å². The summed E-state index contributed by atoms with van der Waals surface area (Å²) in [5.74, 6) is -0.838. The van der Waals surface area contributed by atoms with Crippen LogP contribution in [-0.2, 0) is 14.3 Å². The van der Waals surface area contributed by atoms with Crippen molar-refractivity contribution < 1.29 is 14.3 Å². The second-order valence-corrected chi connectivity index (χ2v) is 6.19. The molecule has 110 valence electrons. The Morgan fingerprint density at radius 2 is 1.68 bits per heavy atom. The van der Waals surface area contributed by atoms with Crippen molar-refractivity contribution in [2.24, 2.45) is 0 Å². The maximum Gasteiger partial charge on any atom is 0.312 e. The number of carbonyl (C=O) groups is 2. The Hall–Kier alpha value is -1.10. The fraction of sp³-hybridized carbons (Fsp3) is 0.857. The first-order valence-corrected chi connectivity index (χ1v) is 6.93. The smallest absolute Gasteiger partial charge is 0.312 e. The van der Waals surface area contributed by atoms with Crippen LogP contribution in [0.15, 0.2) is 0 Å². The molecule has 19 heavy (non-hydrogen) atoms. The highest BCUT2D eigenvalue weighted by Crippen LogP contribution is 2.16. The molecule has 0 aromatic rings. The molecule has 0 aromatic carbocycles. The van der Waals surface area contributed by atoms with E-state index < -0.39 is 11.8 Å². The summed E-state index contributed by atoms with van der Waals surface area (Å²) in [5.41, 5.74) is -0.342. The summed E-state index contributed by atoms with van der Waals surface area (Å²) < 4.78 is 5.58. The number of ether oxygens (including phenoxy) is 1. The van der Waals surface area contributed by atoms with Gasteiger partial charge in [-0.15, -0.1) is 0 Å². The molecule has 1 aliphatic rings. The summed E-state index contributed by atoms with van der Waals surface area (Å²) in [6.07, 6.45) is -0.0459. The minimum atomic E-state index is -0.420. The number of carbonyl (C=O) groups excluding carboxylic acids is 2. The van der Waals surface area contributed by atoms with Gasteiger partial charge in [-0.25, -0.2) is 0 Å². The van der Waals surface area contributed by atoms with Gasteiger partial charge in [0, 0.05) is 25.2 Å². The Kier molecular flexibility index (Phi) is 4.96. The molecule has 0 aliphatic carbocycles. The van der Waals surface area contributed by atoms with Crippen LogP contribution in [0.2, 0.25) is 0 Å². The van der Waals surface area contributed by atoms with Crippen LogP contribution in [-0.4, -0.2) is 59.0 Å². The average Bonchev–Trinajstić information content (AvgIpc) is 2.25. The van der Waals surface area contributed by atoms with Crippen molar-refractivity contribution in [3.8, 4) is 0 Å². The number of nitrogens with zero attached hydrogens (tertiary/aromatic N) is 2. The Labute approximate surface area is 115 Å². The maximum atomic E-state index is 12.3. The molecule has 0 radical (unpaired) electrons. The summed E-state index contributed by atoms with van der Waals surface area (Å²) >= 11 is 0. The number of rotatable bonds is 1. The summed E-state index contributed by atoms with van der Waals surface area (Å²) in [5, 5.41) is 0. The number of morpholine rings is 1. The molecular formula is C14H26N2O3. The first-order valence-electron chi connectivity index (χ1n) is 6.93. The Morgan fingerprint density at radius 1 is 1.21 bits per heavy atom. The lowest BCUT2D eigenvalue weighted by Crippen LogP contribution is -2.56. The van der Waals surface area contributed by atoms with Gasteiger partial charge in [0.1, 0.15) is 0 Å². The molecule has 1 aliphatic heterocycles. The van der Waals surface area contributed by atoms with E-state index in [1.807, 2.05) is 41.5 Å². The van der Waals surface area contributed by atoms with E-state index >= 15 is 0 Å².